The largest absolute Gasteiger partial charge is 0.507 e. The number of carboxylic acids is 1. The topological polar surface area (TPSA) is 120 Å². The Morgan fingerprint density at radius 3 is 2.65 bits per heavy atom. The zero-order chi connectivity index (χ0) is 22.5. The minimum absolute atomic E-state index is 0.00884. The first-order valence-corrected chi connectivity index (χ1v) is 10.1. The van der Waals surface area contributed by atoms with Crippen molar-refractivity contribution >= 4 is 40.6 Å². The van der Waals surface area contributed by atoms with E-state index in [0.29, 0.717) is 33.7 Å². The second kappa shape index (κ2) is 9.40. The zero-order valence-corrected chi connectivity index (χ0v) is 17.4. The van der Waals surface area contributed by atoms with E-state index < -0.39 is 11.7 Å². The highest BCUT2D eigenvalue weighted by Crippen LogP contribution is 2.36. The van der Waals surface area contributed by atoms with E-state index in [1.165, 1.54) is 29.2 Å². The summed E-state index contributed by atoms with van der Waals surface area (Å²) in [5, 5.41) is 29.2. The standard InChI is InChI=1S/C22H20N2O6S/c1-3-9-24-20(27)19(11-13-5-8-16(25)18(10-13)30-4-2)31-22(24)23-14-6-7-15(21(28)29)17(26)12-14/h3,5-8,10-12,25-26H,1,4,9H2,2H3,(H,28,29)/b19-11-,23-22?. The van der Waals surface area contributed by atoms with Crippen molar-refractivity contribution in [3.8, 4) is 17.2 Å². The predicted octanol–water partition coefficient (Wildman–Crippen LogP) is 3.98. The van der Waals surface area contributed by atoms with Crippen molar-refractivity contribution < 1.29 is 29.6 Å². The number of carbonyl (C=O) groups is 2. The highest BCUT2D eigenvalue weighted by Gasteiger charge is 2.32. The number of nitrogens with zero attached hydrogens (tertiary/aromatic N) is 2. The maximum atomic E-state index is 12.9. The van der Waals surface area contributed by atoms with Gasteiger partial charge in [0.15, 0.2) is 16.7 Å². The molecule has 31 heavy (non-hydrogen) atoms. The highest BCUT2D eigenvalue weighted by molar-refractivity contribution is 8.18. The van der Waals surface area contributed by atoms with Crippen molar-refractivity contribution in [3.63, 3.8) is 0 Å². The molecule has 0 spiro atoms. The van der Waals surface area contributed by atoms with Crippen molar-refractivity contribution in [3.05, 3.63) is 65.1 Å². The molecule has 0 unspecified atom stereocenters. The number of benzene rings is 2. The number of carbonyl (C=O) groups excluding carboxylic acids is 1. The van der Waals surface area contributed by atoms with E-state index >= 15 is 0 Å². The Morgan fingerprint density at radius 1 is 1.23 bits per heavy atom. The van der Waals surface area contributed by atoms with Crippen molar-refractivity contribution in [2.75, 3.05) is 13.2 Å². The van der Waals surface area contributed by atoms with Crippen LogP contribution in [0.1, 0.15) is 22.8 Å². The molecule has 3 N–H and O–H groups in total. The van der Waals surface area contributed by atoms with Crippen molar-refractivity contribution in [1.29, 1.82) is 0 Å². The molecule has 1 saturated heterocycles. The number of rotatable bonds is 7. The van der Waals surface area contributed by atoms with E-state index in [9.17, 15) is 19.8 Å². The number of amidine groups is 1. The Morgan fingerprint density at radius 2 is 2.00 bits per heavy atom. The molecular weight excluding hydrogens is 420 g/mol. The van der Waals surface area contributed by atoms with Crippen LogP contribution in [-0.4, -0.2) is 50.4 Å². The Bertz CT molecular complexity index is 1110. The second-order valence-corrected chi connectivity index (χ2v) is 7.39. The summed E-state index contributed by atoms with van der Waals surface area (Å²) in [6.45, 7) is 6.08. The van der Waals surface area contributed by atoms with Gasteiger partial charge in [0.1, 0.15) is 11.3 Å². The van der Waals surface area contributed by atoms with Crippen LogP contribution in [0.25, 0.3) is 6.08 Å². The summed E-state index contributed by atoms with van der Waals surface area (Å²) in [5.41, 5.74) is 0.733. The van der Waals surface area contributed by atoms with Crippen molar-refractivity contribution in [1.82, 2.24) is 4.90 Å². The van der Waals surface area contributed by atoms with Crippen LogP contribution in [0.15, 0.2) is 59.0 Å². The molecule has 1 aliphatic rings. The number of carboxylic acid groups (broad SMARTS) is 1. The lowest BCUT2D eigenvalue weighted by atomic mass is 10.2. The van der Waals surface area contributed by atoms with Gasteiger partial charge in [0.25, 0.3) is 5.91 Å². The lowest BCUT2D eigenvalue weighted by Gasteiger charge is -2.12. The van der Waals surface area contributed by atoms with Gasteiger partial charge in [0.2, 0.25) is 0 Å². The average molecular weight is 440 g/mol. The maximum Gasteiger partial charge on any atom is 0.339 e. The number of phenolic OH excluding ortho intramolecular Hbond substituents is 1. The number of hydrogen-bond donors (Lipinski definition) is 3. The second-order valence-electron chi connectivity index (χ2n) is 6.38. The van der Waals surface area contributed by atoms with Gasteiger partial charge in [-0.25, -0.2) is 9.79 Å². The smallest absolute Gasteiger partial charge is 0.339 e. The lowest BCUT2D eigenvalue weighted by molar-refractivity contribution is -0.121. The number of ether oxygens (including phenoxy) is 1. The first kappa shape index (κ1) is 22.0. The minimum atomic E-state index is -1.25. The van der Waals surface area contributed by atoms with Gasteiger partial charge in [-0.1, -0.05) is 12.1 Å². The third-order valence-corrected chi connectivity index (χ3v) is 5.22. The molecule has 0 bridgehead atoms. The van der Waals surface area contributed by atoms with Crippen LogP contribution in [0.2, 0.25) is 0 Å². The molecule has 1 aliphatic heterocycles. The van der Waals surface area contributed by atoms with E-state index in [2.05, 4.69) is 11.6 Å². The molecule has 9 heteroatoms. The summed E-state index contributed by atoms with van der Waals surface area (Å²) in [6, 6.07) is 8.71. The zero-order valence-electron chi connectivity index (χ0n) is 16.6. The van der Waals surface area contributed by atoms with Gasteiger partial charge in [0.05, 0.1) is 17.2 Å². The fraction of sp³-hybridized carbons (Fsp3) is 0.136. The highest BCUT2D eigenvalue weighted by atomic mass is 32.2. The summed E-state index contributed by atoms with van der Waals surface area (Å²) in [4.78, 5) is 30.2. The SMILES string of the molecule is C=CCN1C(=O)/C(=C/c2ccc(O)c(OCC)c2)SC1=Nc1ccc(C(=O)O)c(O)c1. The normalized spacial score (nSPS) is 16.2. The van der Waals surface area contributed by atoms with Gasteiger partial charge in [0, 0.05) is 12.6 Å². The van der Waals surface area contributed by atoms with Crippen LogP contribution >= 0.6 is 11.8 Å². The van der Waals surface area contributed by atoms with Crippen molar-refractivity contribution in [2.24, 2.45) is 4.99 Å². The molecule has 0 aliphatic carbocycles. The third-order valence-electron chi connectivity index (χ3n) is 4.22. The molecule has 2 aromatic carbocycles. The van der Waals surface area contributed by atoms with Crippen LogP contribution in [0.5, 0.6) is 17.2 Å². The summed E-state index contributed by atoms with van der Waals surface area (Å²) >= 11 is 1.13. The molecule has 1 amide bonds. The predicted molar refractivity (Wildman–Crippen MR) is 119 cm³/mol. The maximum absolute atomic E-state index is 12.9. The average Bonchev–Trinajstić information content (AvgIpc) is 2.99. The van der Waals surface area contributed by atoms with E-state index in [1.54, 1.807) is 31.2 Å². The van der Waals surface area contributed by atoms with Gasteiger partial charge in [-0.05, 0) is 54.6 Å². The number of thioether (sulfide) groups is 1. The summed E-state index contributed by atoms with van der Waals surface area (Å²) in [7, 11) is 0. The fourth-order valence-electron chi connectivity index (χ4n) is 2.81. The van der Waals surface area contributed by atoms with Crippen LogP contribution in [0.4, 0.5) is 5.69 Å². The molecule has 1 fully saturated rings. The van der Waals surface area contributed by atoms with Gasteiger partial charge >= 0.3 is 5.97 Å². The third kappa shape index (κ3) is 4.89. The molecule has 0 saturated carbocycles. The quantitative estimate of drug-likeness (QED) is 0.440. The Hall–Kier alpha value is -3.72. The molecule has 3 rings (SSSR count). The van der Waals surface area contributed by atoms with E-state index in [1.807, 2.05) is 0 Å². The fourth-order valence-corrected chi connectivity index (χ4v) is 3.81. The number of amides is 1. The molecule has 2 aromatic rings. The summed E-state index contributed by atoms with van der Waals surface area (Å²) < 4.78 is 5.38. The molecule has 0 atom stereocenters. The summed E-state index contributed by atoms with van der Waals surface area (Å²) in [5.74, 6) is -1.61. The lowest BCUT2D eigenvalue weighted by Crippen LogP contribution is -2.29. The van der Waals surface area contributed by atoms with Crippen LogP contribution < -0.4 is 4.74 Å². The molecule has 160 valence electrons. The van der Waals surface area contributed by atoms with Crippen LogP contribution in [-0.2, 0) is 4.79 Å². The van der Waals surface area contributed by atoms with Crippen molar-refractivity contribution in [2.45, 2.75) is 6.92 Å². The van der Waals surface area contributed by atoms with Gasteiger partial charge in [-0.15, -0.1) is 6.58 Å². The number of aliphatic imine (C=N–C) groups is 1. The number of aromatic hydroxyl groups is 2. The van der Waals surface area contributed by atoms with Gasteiger partial charge in [-0.2, -0.15) is 0 Å². The molecule has 8 nitrogen and oxygen atoms in total. The Balaban J connectivity index is 1.95. The number of phenols is 2. The molecule has 1 heterocycles. The number of hydrogen-bond acceptors (Lipinski definition) is 7. The Kier molecular flexibility index (Phi) is 6.66. The van der Waals surface area contributed by atoms with Gasteiger partial charge in [-0.3, -0.25) is 9.69 Å². The van der Waals surface area contributed by atoms with Gasteiger partial charge < -0.3 is 20.1 Å². The van der Waals surface area contributed by atoms with Crippen LogP contribution in [0.3, 0.4) is 0 Å². The first-order chi connectivity index (χ1) is 14.8. The van der Waals surface area contributed by atoms with E-state index in [4.69, 9.17) is 9.84 Å². The molecule has 0 aromatic heterocycles. The van der Waals surface area contributed by atoms with Crippen LogP contribution in [0, 0.1) is 0 Å². The first-order valence-electron chi connectivity index (χ1n) is 9.27. The molecular formula is C22H20N2O6S. The van der Waals surface area contributed by atoms with E-state index in [-0.39, 0.29) is 23.8 Å². The monoisotopic (exact) mass is 440 g/mol. The summed E-state index contributed by atoms with van der Waals surface area (Å²) in [6.07, 6.45) is 3.23. The molecule has 0 radical (unpaired) electrons. The number of aromatic carboxylic acids is 1. The van der Waals surface area contributed by atoms with E-state index in [0.717, 1.165) is 11.8 Å². The minimum Gasteiger partial charge on any atom is -0.507 e. The Labute approximate surface area is 182 Å².